The SMILES string of the molecule is CC(CN1CCN(C)CC1)NC(=O)C(=O)Nc1ccc(OCc2cccnc2)c(Cl)c1. The number of carbonyl (C=O) groups is 2. The summed E-state index contributed by atoms with van der Waals surface area (Å²) in [6, 6.07) is 8.45. The number of nitrogens with zero attached hydrogens (tertiary/aromatic N) is 3. The fraction of sp³-hybridized carbons (Fsp3) is 0.409. The van der Waals surface area contributed by atoms with Crippen LogP contribution in [0.3, 0.4) is 0 Å². The molecule has 2 aromatic rings. The van der Waals surface area contributed by atoms with Gasteiger partial charge in [0.2, 0.25) is 0 Å². The van der Waals surface area contributed by atoms with Crippen molar-refractivity contribution in [2.24, 2.45) is 0 Å². The van der Waals surface area contributed by atoms with E-state index in [1.807, 2.05) is 19.1 Å². The molecule has 1 saturated heterocycles. The fourth-order valence-corrected chi connectivity index (χ4v) is 3.52. The van der Waals surface area contributed by atoms with Crippen molar-refractivity contribution >= 4 is 29.1 Å². The number of nitrogens with one attached hydrogen (secondary N) is 2. The van der Waals surface area contributed by atoms with E-state index in [2.05, 4.69) is 32.5 Å². The number of likely N-dealkylation sites (N-methyl/N-ethyl adjacent to an activating group) is 1. The molecule has 1 fully saturated rings. The summed E-state index contributed by atoms with van der Waals surface area (Å²) in [4.78, 5) is 33.1. The predicted molar refractivity (Wildman–Crippen MR) is 120 cm³/mol. The first-order chi connectivity index (χ1) is 14.9. The standard InChI is InChI=1S/C22H28ClN5O3/c1-16(14-28-10-8-27(2)9-11-28)25-21(29)22(30)26-18-5-6-20(19(23)12-18)31-15-17-4-3-7-24-13-17/h3-7,12-13,16H,8-11,14-15H2,1-2H3,(H,25,29)(H,26,30). The lowest BCUT2D eigenvalue weighted by molar-refractivity contribution is -0.136. The average molecular weight is 446 g/mol. The third-order valence-electron chi connectivity index (χ3n) is 5.02. The Labute approximate surface area is 187 Å². The van der Waals surface area contributed by atoms with E-state index in [4.69, 9.17) is 16.3 Å². The smallest absolute Gasteiger partial charge is 0.313 e. The monoisotopic (exact) mass is 445 g/mol. The Kier molecular flexibility index (Phi) is 8.22. The number of carbonyl (C=O) groups excluding carboxylic acids is 2. The fourth-order valence-electron chi connectivity index (χ4n) is 3.28. The van der Waals surface area contributed by atoms with Gasteiger partial charge in [0, 0.05) is 62.4 Å². The molecule has 1 aromatic carbocycles. The number of piperazine rings is 1. The molecule has 166 valence electrons. The summed E-state index contributed by atoms with van der Waals surface area (Å²) in [5.74, 6) is -0.922. The molecule has 1 atom stereocenters. The van der Waals surface area contributed by atoms with E-state index < -0.39 is 11.8 Å². The summed E-state index contributed by atoms with van der Waals surface area (Å²) < 4.78 is 5.69. The second-order valence-corrected chi connectivity index (χ2v) is 8.13. The second kappa shape index (κ2) is 11.1. The van der Waals surface area contributed by atoms with Crippen molar-refractivity contribution in [3.8, 4) is 5.75 Å². The van der Waals surface area contributed by atoms with Gasteiger partial charge in [-0.05, 0) is 38.2 Å². The molecule has 9 heteroatoms. The Morgan fingerprint density at radius 3 is 2.65 bits per heavy atom. The lowest BCUT2D eigenvalue weighted by atomic mass is 10.2. The normalized spacial score (nSPS) is 15.8. The highest BCUT2D eigenvalue weighted by Gasteiger charge is 2.20. The summed E-state index contributed by atoms with van der Waals surface area (Å²) in [5, 5.41) is 5.67. The van der Waals surface area contributed by atoms with E-state index in [0.717, 1.165) is 31.7 Å². The maximum atomic E-state index is 12.3. The molecule has 1 aliphatic rings. The van der Waals surface area contributed by atoms with Gasteiger partial charge in [0.05, 0.1) is 5.02 Å². The molecule has 0 aliphatic carbocycles. The van der Waals surface area contributed by atoms with Gasteiger partial charge in [-0.1, -0.05) is 17.7 Å². The maximum Gasteiger partial charge on any atom is 0.313 e. The number of amides is 2. The molecule has 1 aliphatic heterocycles. The molecule has 8 nitrogen and oxygen atoms in total. The highest BCUT2D eigenvalue weighted by Crippen LogP contribution is 2.28. The van der Waals surface area contributed by atoms with Crippen LogP contribution < -0.4 is 15.4 Å². The van der Waals surface area contributed by atoms with Crippen LogP contribution in [-0.4, -0.2) is 72.4 Å². The van der Waals surface area contributed by atoms with Crippen molar-refractivity contribution in [3.05, 3.63) is 53.3 Å². The lowest BCUT2D eigenvalue weighted by Crippen LogP contribution is -2.51. The number of aromatic nitrogens is 1. The Morgan fingerprint density at radius 2 is 1.97 bits per heavy atom. The first kappa shape index (κ1) is 23.0. The first-order valence-electron chi connectivity index (χ1n) is 10.2. The van der Waals surface area contributed by atoms with Gasteiger partial charge in [0.15, 0.2) is 0 Å². The molecule has 2 heterocycles. The van der Waals surface area contributed by atoms with Crippen molar-refractivity contribution < 1.29 is 14.3 Å². The maximum absolute atomic E-state index is 12.3. The quantitative estimate of drug-likeness (QED) is 0.634. The van der Waals surface area contributed by atoms with Crippen LogP contribution in [0.4, 0.5) is 5.69 Å². The van der Waals surface area contributed by atoms with E-state index in [9.17, 15) is 9.59 Å². The number of halogens is 1. The molecule has 1 aromatic heterocycles. The topological polar surface area (TPSA) is 86.8 Å². The Bertz CT molecular complexity index is 888. The van der Waals surface area contributed by atoms with E-state index in [-0.39, 0.29) is 6.04 Å². The minimum atomic E-state index is -0.731. The van der Waals surface area contributed by atoms with Crippen LogP contribution in [-0.2, 0) is 16.2 Å². The molecule has 1 unspecified atom stereocenters. The highest BCUT2D eigenvalue weighted by atomic mass is 35.5. The van der Waals surface area contributed by atoms with Crippen LogP contribution in [0.5, 0.6) is 5.75 Å². The number of hydrogen-bond acceptors (Lipinski definition) is 6. The third-order valence-corrected chi connectivity index (χ3v) is 5.31. The van der Waals surface area contributed by atoms with Crippen LogP contribution in [0.2, 0.25) is 5.02 Å². The van der Waals surface area contributed by atoms with Gasteiger partial charge in [-0.2, -0.15) is 0 Å². The number of benzene rings is 1. The summed E-state index contributed by atoms with van der Waals surface area (Å²) in [5.41, 5.74) is 1.34. The zero-order valence-corrected chi connectivity index (χ0v) is 18.6. The molecule has 2 amide bonds. The van der Waals surface area contributed by atoms with Crippen molar-refractivity contribution in [2.75, 3.05) is 45.1 Å². The average Bonchev–Trinajstić information content (AvgIpc) is 2.75. The summed E-state index contributed by atoms with van der Waals surface area (Å²) in [7, 11) is 2.10. The van der Waals surface area contributed by atoms with E-state index >= 15 is 0 Å². The minimum Gasteiger partial charge on any atom is -0.487 e. The van der Waals surface area contributed by atoms with Crippen LogP contribution >= 0.6 is 11.6 Å². The van der Waals surface area contributed by atoms with Crippen LogP contribution in [0.15, 0.2) is 42.7 Å². The van der Waals surface area contributed by atoms with Crippen LogP contribution in [0.25, 0.3) is 0 Å². The van der Waals surface area contributed by atoms with Gasteiger partial charge in [-0.3, -0.25) is 19.5 Å². The summed E-state index contributed by atoms with van der Waals surface area (Å²) in [6.07, 6.45) is 3.41. The lowest BCUT2D eigenvalue weighted by Gasteiger charge is -2.33. The van der Waals surface area contributed by atoms with Crippen molar-refractivity contribution in [1.82, 2.24) is 20.1 Å². The highest BCUT2D eigenvalue weighted by molar-refractivity contribution is 6.40. The molecule has 2 N–H and O–H groups in total. The zero-order valence-electron chi connectivity index (χ0n) is 17.8. The molecular weight excluding hydrogens is 418 g/mol. The Hall–Kier alpha value is -2.68. The molecule has 0 saturated carbocycles. The van der Waals surface area contributed by atoms with Gasteiger partial charge in [0.25, 0.3) is 0 Å². The number of pyridine rings is 1. The van der Waals surface area contributed by atoms with Crippen molar-refractivity contribution in [2.45, 2.75) is 19.6 Å². The number of ether oxygens (including phenoxy) is 1. The second-order valence-electron chi connectivity index (χ2n) is 7.73. The van der Waals surface area contributed by atoms with E-state index in [1.54, 1.807) is 30.6 Å². The van der Waals surface area contributed by atoms with Gasteiger partial charge < -0.3 is 20.3 Å². The van der Waals surface area contributed by atoms with Crippen molar-refractivity contribution in [3.63, 3.8) is 0 Å². The van der Waals surface area contributed by atoms with Crippen LogP contribution in [0, 0.1) is 0 Å². The van der Waals surface area contributed by atoms with Gasteiger partial charge in [-0.25, -0.2) is 0 Å². The Morgan fingerprint density at radius 1 is 1.19 bits per heavy atom. The van der Waals surface area contributed by atoms with Gasteiger partial charge >= 0.3 is 11.8 Å². The predicted octanol–water partition coefficient (Wildman–Crippen LogP) is 2.00. The largest absolute Gasteiger partial charge is 0.487 e. The number of hydrogen-bond donors (Lipinski definition) is 2. The number of anilines is 1. The molecular formula is C22H28ClN5O3. The van der Waals surface area contributed by atoms with E-state index in [0.29, 0.717) is 29.6 Å². The Balaban J connectivity index is 1.46. The van der Waals surface area contributed by atoms with Gasteiger partial charge in [-0.15, -0.1) is 0 Å². The van der Waals surface area contributed by atoms with Crippen molar-refractivity contribution in [1.29, 1.82) is 0 Å². The minimum absolute atomic E-state index is 0.131. The molecule has 0 radical (unpaired) electrons. The molecule has 0 spiro atoms. The molecule has 0 bridgehead atoms. The summed E-state index contributed by atoms with van der Waals surface area (Å²) in [6.45, 7) is 6.85. The third kappa shape index (κ3) is 7.20. The number of rotatable bonds is 7. The molecule has 3 rings (SSSR count). The van der Waals surface area contributed by atoms with Gasteiger partial charge in [0.1, 0.15) is 12.4 Å². The van der Waals surface area contributed by atoms with Crippen LogP contribution in [0.1, 0.15) is 12.5 Å². The first-order valence-corrected chi connectivity index (χ1v) is 10.6. The summed E-state index contributed by atoms with van der Waals surface area (Å²) >= 11 is 6.26. The van der Waals surface area contributed by atoms with E-state index in [1.165, 1.54) is 0 Å². The zero-order chi connectivity index (χ0) is 22.2. The molecule has 31 heavy (non-hydrogen) atoms.